The summed E-state index contributed by atoms with van der Waals surface area (Å²) in [6.45, 7) is 3.33. The topological polar surface area (TPSA) is 41.5 Å². The maximum Gasteiger partial charge on any atom is 0.119 e. The SMILES string of the molecule is CCOc1ccc(NCc2cccc(O)c2)cc1. The van der Waals surface area contributed by atoms with Crippen LogP contribution >= 0.6 is 0 Å². The highest BCUT2D eigenvalue weighted by Crippen LogP contribution is 2.17. The minimum atomic E-state index is 0.293. The molecular formula is C15H17NO2. The van der Waals surface area contributed by atoms with E-state index >= 15 is 0 Å². The van der Waals surface area contributed by atoms with E-state index in [0.29, 0.717) is 18.9 Å². The van der Waals surface area contributed by atoms with E-state index in [1.54, 1.807) is 12.1 Å². The van der Waals surface area contributed by atoms with Gasteiger partial charge in [0.2, 0.25) is 0 Å². The quantitative estimate of drug-likeness (QED) is 0.845. The summed E-state index contributed by atoms with van der Waals surface area (Å²) in [6.07, 6.45) is 0. The number of anilines is 1. The highest BCUT2D eigenvalue weighted by molar-refractivity contribution is 5.47. The van der Waals surface area contributed by atoms with Crippen LogP contribution in [0.4, 0.5) is 5.69 Å². The van der Waals surface area contributed by atoms with Gasteiger partial charge < -0.3 is 15.2 Å². The Morgan fingerprint density at radius 2 is 1.89 bits per heavy atom. The third-order valence-corrected chi connectivity index (χ3v) is 2.57. The van der Waals surface area contributed by atoms with E-state index in [4.69, 9.17) is 4.74 Å². The van der Waals surface area contributed by atoms with Crippen LogP contribution in [0.15, 0.2) is 48.5 Å². The zero-order chi connectivity index (χ0) is 12.8. The van der Waals surface area contributed by atoms with Crippen LogP contribution in [-0.2, 0) is 6.54 Å². The molecule has 2 aromatic carbocycles. The molecule has 0 heterocycles. The molecule has 0 aliphatic heterocycles. The van der Waals surface area contributed by atoms with Gasteiger partial charge in [-0.25, -0.2) is 0 Å². The van der Waals surface area contributed by atoms with Gasteiger partial charge in [0.15, 0.2) is 0 Å². The van der Waals surface area contributed by atoms with E-state index in [2.05, 4.69) is 5.32 Å². The molecule has 2 aromatic rings. The molecule has 0 spiro atoms. The van der Waals surface area contributed by atoms with Crippen LogP contribution in [0.5, 0.6) is 11.5 Å². The molecule has 0 aliphatic carbocycles. The second-order valence-electron chi connectivity index (χ2n) is 3.98. The Bertz CT molecular complexity index is 494. The average Bonchev–Trinajstić information content (AvgIpc) is 2.38. The van der Waals surface area contributed by atoms with Crippen molar-refractivity contribution in [2.24, 2.45) is 0 Å². The fraction of sp³-hybridized carbons (Fsp3) is 0.200. The second-order valence-corrected chi connectivity index (χ2v) is 3.98. The first-order valence-corrected chi connectivity index (χ1v) is 6.02. The first-order chi connectivity index (χ1) is 8.78. The first kappa shape index (κ1) is 12.3. The smallest absolute Gasteiger partial charge is 0.119 e. The molecule has 0 saturated carbocycles. The monoisotopic (exact) mass is 243 g/mol. The van der Waals surface area contributed by atoms with Gasteiger partial charge in [0.1, 0.15) is 11.5 Å². The predicted octanol–water partition coefficient (Wildman–Crippen LogP) is 3.40. The minimum absolute atomic E-state index is 0.293. The van der Waals surface area contributed by atoms with E-state index < -0.39 is 0 Å². The third kappa shape index (κ3) is 3.42. The summed E-state index contributed by atoms with van der Waals surface area (Å²) < 4.78 is 5.38. The predicted molar refractivity (Wildman–Crippen MR) is 73.0 cm³/mol. The second kappa shape index (κ2) is 5.96. The average molecular weight is 243 g/mol. The number of aromatic hydroxyl groups is 1. The van der Waals surface area contributed by atoms with Gasteiger partial charge in [0, 0.05) is 12.2 Å². The van der Waals surface area contributed by atoms with E-state index in [1.807, 2.05) is 43.3 Å². The molecule has 0 aromatic heterocycles. The Labute approximate surface area is 107 Å². The molecule has 0 aliphatic rings. The normalized spacial score (nSPS) is 10.1. The summed E-state index contributed by atoms with van der Waals surface area (Å²) in [5, 5.41) is 12.7. The van der Waals surface area contributed by atoms with Crippen molar-refractivity contribution in [2.75, 3.05) is 11.9 Å². The van der Waals surface area contributed by atoms with Crippen LogP contribution in [0.1, 0.15) is 12.5 Å². The summed E-state index contributed by atoms with van der Waals surface area (Å²) in [4.78, 5) is 0. The van der Waals surface area contributed by atoms with E-state index in [1.165, 1.54) is 0 Å². The molecule has 94 valence electrons. The number of rotatable bonds is 5. The molecule has 2 rings (SSSR count). The molecule has 0 atom stereocenters. The lowest BCUT2D eigenvalue weighted by molar-refractivity contribution is 0.340. The number of phenols is 1. The van der Waals surface area contributed by atoms with Crippen molar-refractivity contribution in [3.8, 4) is 11.5 Å². The largest absolute Gasteiger partial charge is 0.508 e. The van der Waals surface area contributed by atoms with Crippen LogP contribution in [0.2, 0.25) is 0 Å². The number of phenolic OH excluding ortho intramolecular Hbond substituents is 1. The highest BCUT2D eigenvalue weighted by Gasteiger charge is 1.96. The van der Waals surface area contributed by atoms with Crippen molar-refractivity contribution in [1.82, 2.24) is 0 Å². The molecule has 0 radical (unpaired) electrons. The summed E-state index contributed by atoms with van der Waals surface area (Å²) in [5.74, 6) is 1.17. The number of hydrogen-bond acceptors (Lipinski definition) is 3. The highest BCUT2D eigenvalue weighted by atomic mass is 16.5. The van der Waals surface area contributed by atoms with E-state index in [9.17, 15) is 5.11 Å². The van der Waals surface area contributed by atoms with Crippen molar-refractivity contribution in [3.05, 3.63) is 54.1 Å². The summed E-state index contributed by atoms with van der Waals surface area (Å²) in [5.41, 5.74) is 2.07. The molecule has 0 unspecified atom stereocenters. The minimum Gasteiger partial charge on any atom is -0.508 e. The van der Waals surface area contributed by atoms with Gasteiger partial charge in [-0.3, -0.25) is 0 Å². The molecule has 0 saturated heterocycles. The van der Waals surface area contributed by atoms with Gasteiger partial charge in [-0.2, -0.15) is 0 Å². The zero-order valence-electron chi connectivity index (χ0n) is 10.4. The maximum atomic E-state index is 9.36. The molecular weight excluding hydrogens is 226 g/mol. The lowest BCUT2D eigenvalue weighted by Gasteiger charge is -2.08. The summed E-state index contributed by atoms with van der Waals surface area (Å²) in [7, 11) is 0. The van der Waals surface area contributed by atoms with Gasteiger partial charge in [-0.15, -0.1) is 0 Å². The third-order valence-electron chi connectivity index (χ3n) is 2.57. The van der Waals surface area contributed by atoms with Crippen LogP contribution in [0.3, 0.4) is 0 Å². The van der Waals surface area contributed by atoms with Crippen LogP contribution in [-0.4, -0.2) is 11.7 Å². The molecule has 3 heteroatoms. The van der Waals surface area contributed by atoms with E-state index in [-0.39, 0.29) is 0 Å². The van der Waals surface area contributed by atoms with Crippen molar-refractivity contribution in [2.45, 2.75) is 13.5 Å². The number of ether oxygens (including phenoxy) is 1. The Kier molecular flexibility index (Phi) is 4.07. The van der Waals surface area contributed by atoms with Crippen molar-refractivity contribution < 1.29 is 9.84 Å². The fourth-order valence-corrected chi connectivity index (χ4v) is 1.71. The van der Waals surface area contributed by atoms with E-state index in [0.717, 1.165) is 17.0 Å². The molecule has 0 amide bonds. The maximum absolute atomic E-state index is 9.36. The Balaban J connectivity index is 1.93. The number of hydrogen-bond donors (Lipinski definition) is 2. The lowest BCUT2D eigenvalue weighted by atomic mass is 10.2. The van der Waals surface area contributed by atoms with Crippen molar-refractivity contribution in [3.63, 3.8) is 0 Å². The summed E-state index contributed by atoms with van der Waals surface area (Å²) >= 11 is 0. The molecule has 18 heavy (non-hydrogen) atoms. The van der Waals surface area contributed by atoms with Gasteiger partial charge >= 0.3 is 0 Å². The number of benzene rings is 2. The fourth-order valence-electron chi connectivity index (χ4n) is 1.71. The van der Waals surface area contributed by atoms with Gasteiger partial charge in [0.05, 0.1) is 6.61 Å². The first-order valence-electron chi connectivity index (χ1n) is 6.02. The van der Waals surface area contributed by atoms with Gasteiger partial charge in [-0.1, -0.05) is 12.1 Å². The molecule has 0 bridgehead atoms. The molecule has 3 nitrogen and oxygen atoms in total. The molecule has 2 N–H and O–H groups in total. The van der Waals surface area contributed by atoms with Crippen molar-refractivity contribution in [1.29, 1.82) is 0 Å². The van der Waals surface area contributed by atoms with Crippen molar-refractivity contribution >= 4 is 5.69 Å². The Hall–Kier alpha value is -2.16. The van der Waals surface area contributed by atoms with Gasteiger partial charge in [-0.05, 0) is 48.9 Å². The van der Waals surface area contributed by atoms with Crippen LogP contribution in [0, 0.1) is 0 Å². The zero-order valence-corrected chi connectivity index (χ0v) is 10.4. The van der Waals surface area contributed by atoms with Crippen LogP contribution < -0.4 is 10.1 Å². The Morgan fingerprint density at radius 3 is 2.56 bits per heavy atom. The summed E-state index contributed by atoms with van der Waals surface area (Å²) in [6, 6.07) is 15.1. The lowest BCUT2D eigenvalue weighted by Crippen LogP contribution is -1.99. The Morgan fingerprint density at radius 1 is 1.11 bits per heavy atom. The standard InChI is InChI=1S/C15H17NO2/c1-2-18-15-8-6-13(7-9-15)16-11-12-4-3-5-14(17)10-12/h3-10,16-17H,2,11H2,1H3. The van der Waals surface area contributed by atoms with Crippen LogP contribution in [0.25, 0.3) is 0 Å². The molecule has 0 fully saturated rings. The number of nitrogens with one attached hydrogen (secondary N) is 1. The van der Waals surface area contributed by atoms with Gasteiger partial charge in [0.25, 0.3) is 0 Å².